The summed E-state index contributed by atoms with van der Waals surface area (Å²) in [6.07, 6.45) is 6.59. The first-order chi connectivity index (χ1) is 16.3. The zero-order chi connectivity index (χ0) is 24.6. The predicted octanol–water partition coefficient (Wildman–Crippen LogP) is 3.56. The zero-order valence-electron chi connectivity index (χ0n) is 18.5. The molecular weight excluding hydrogens is 460 g/mol. The average Bonchev–Trinajstić information content (AvgIpc) is 2.84. The Balaban J connectivity index is 1.88. The number of halogens is 2. The number of hydrogen-bond acceptors (Lipinski definition) is 6. The van der Waals surface area contributed by atoms with Crippen LogP contribution in [-0.2, 0) is 16.6 Å². The van der Waals surface area contributed by atoms with Crippen LogP contribution in [0.5, 0.6) is 0 Å². The molecule has 34 heavy (non-hydrogen) atoms. The van der Waals surface area contributed by atoms with Crippen molar-refractivity contribution < 1.29 is 17.2 Å². The number of pyridine rings is 1. The van der Waals surface area contributed by atoms with Crippen molar-refractivity contribution in [3.8, 4) is 11.1 Å². The summed E-state index contributed by atoms with van der Waals surface area (Å²) in [5.41, 5.74) is 9.86. The van der Waals surface area contributed by atoms with Gasteiger partial charge in [0.2, 0.25) is 10.0 Å². The molecule has 1 aromatic heterocycles. The van der Waals surface area contributed by atoms with Gasteiger partial charge in [-0.15, -0.1) is 0 Å². The molecule has 0 spiro atoms. The number of benzene rings is 2. The van der Waals surface area contributed by atoms with Crippen LogP contribution in [0.25, 0.3) is 16.8 Å². The lowest BCUT2D eigenvalue weighted by Gasteiger charge is -2.15. The summed E-state index contributed by atoms with van der Waals surface area (Å²) < 4.78 is 52.8. The second-order valence-corrected chi connectivity index (χ2v) is 9.36. The van der Waals surface area contributed by atoms with E-state index in [1.54, 1.807) is 42.9 Å². The minimum atomic E-state index is -3.39. The summed E-state index contributed by atoms with van der Waals surface area (Å²) in [6, 6.07) is 12.5. The van der Waals surface area contributed by atoms with Crippen LogP contribution in [0.2, 0.25) is 0 Å². The van der Waals surface area contributed by atoms with Gasteiger partial charge in [-0.25, -0.2) is 21.9 Å². The summed E-state index contributed by atoms with van der Waals surface area (Å²) in [5.74, 6) is -2.02. The number of aromatic nitrogens is 1. The van der Waals surface area contributed by atoms with Gasteiger partial charge in [0, 0.05) is 42.1 Å². The largest absolute Gasteiger partial charge is 0.398 e. The Hall–Kier alpha value is -3.63. The Morgan fingerprint density at radius 2 is 1.88 bits per heavy atom. The highest BCUT2D eigenvalue weighted by molar-refractivity contribution is 7.89. The van der Waals surface area contributed by atoms with Crippen LogP contribution in [-0.4, -0.2) is 39.0 Å². The lowest BCUT2D eigenvalue weighted by atomic mass is 10.00. The molecule has 0 aliphatic carbocycles. The number of nitrogens with one attached hydrogen (secondary N) is 2. The molecule has 0 bridgehead atoms. The van der Waals surface area contributed by atoms with E-state index >= 15 is 0 Å². The van der Waals surface area contributed by atoms with E-state index in [-0.39, 0.29) is 12.3 Å². The highest BCUT2D eigenvalue weighted by Crippen LogP contribution is 2.29. The number of nitrogens with two attached hydrogens (primary N) is 1. The molecule has 10 heteroatoms. The van der Waals surface area contributed by atoms with Gasteiger partial charge in [0.1, 0.15) is 0 Å². The summed E-state index contributed by atoms with van der Waals surface area (Å²) >= 11 is 0. The average molecular weight is 486 g/mol. The monoisotopic (exact) mass is 485 g/mol. The van der Waals surface area contributed by atoms with Gasteiger partial charge in [-0.2, -0.15) is 0 Å². The molecule has 3 rings (SSSR count). The van der Waals surface area contributed by atoms with E-state index in [2.05, 4.69) is 20.0 Å². The lowest BCUT2D eigenvalue weighted by molar-refractivity contribution is 0.509. The van der Waals surface area contributed by atoms with Crippen LogP contribution in [0.15, 0.2) is 72.0 Å². The van der Waals surface area contributed by atoms with Gasteiger partial charge in [0.05, 0.1) is 12.3 Å². The molecule has 3 aromatic rings. The minimum absolute atomic E-state index is 0.135. The third-order valence-electron chi connectivity index (χ3n) is 4.94. The van der Waals surface area contributed by atoms with E-state index in [1.807, 2.05) is 12.1 Å². The highest BCUT2D eigenvalue weighted by atomic mass is 32.2. The van der Waals surface area contributed by atoms with Gasteiger partial charge in [0.25, 0.3) is 0 Å². The van der Waals surface area contributed by atoms with Gasteiger partial charge in [-0.1, -0.05) is 18.2 Å². The first-order valence-electron chi connectivity index (χ1n) is 10.4. The van der Waals surface area contributed by atoms with Crippen LogP contribution < -0.4 is 15.8 Å². The SMILES string of the molecule is CNS(=O)(=O)CCNc1ccc(-c2ccc(F)c(F)c2)cc1/C(N)=C/C=NCc1cccnc1. The fraction of sp³-hybridized carbons (Fsp3) is 0.167. The van der Waals surface area contributed by atoms with Gasteiger partial charge < -0.3 is 11.1 Å². The van der Waals surface area contributed by atoms with Crippen molar-refractivity contribution in [1.29, 1.82) is 0 Å². The van der Waals surface area contributed by atoms with Gasteiger partial charge in [0.15, 0.2) is 11.6 Å². The molecule has 178 valence electrons. The zero-order valence-corrected chi connectivity index (χ0v) is 19.3. The minimum Gasteiger partial charge on any atom is -0.398 e. The third-order valence-corrected chi connectivity index (χ3v) is 6.30. The number of nitrogens with zero attached hydrogens (tertiary/aromatic N) is 2. The number of sulfonamides is 1. The van der Waals surface area contributed by atoms with Crippen LogP contribution >= 0.6 is 0 Å². The molecule has 0 aliphatic rings. The Morgan fingerprint density at radius 3 is 2.59 bits per heavy atom. The molecule has 2 aromatic carbocycles. The van der Waals surface area contributed by atoms with Crippen molar-refractivity contribution in [3.63, 3.8) is 0 Å². The van der Waals surface area contributed by atoms with Gasteiger partial charge >= 0.3 is 0 Å². The van der Waals surface area contributed by atoms with E-state index in [1.165, 1.54) is 13.1 Å². The fourth-order valence-electron chi connectivity index (χ4n) is 3.09. The number of allylic oxidation sites excluding steroid dienone is 1. The van der Waals surface area contributed by atoms with E-state index < -0.39 is 21.7 Å². The lowest BCUT2D eigenvalue weighted by Crippen LogP contribution is -2.26. The van der Waals surface area contributed by atoms with Crippen LogP contribution in [0, 0.1) is 11.6 Å². The molecule has 0 atom stereocenters. The molecule has 0 saturated carbocycles. The molecule has 0 radical (unpaired) electrons. The van der Waals surface area contributed by atoms with Gasteiger partial charge in [-0.05, 0) is 60.1 Å². The van der Waals surface area contributed by atoms with Crippen molar-refractivity contribution in [2.75, 3.05) is 24.7 Å². The summed E-state index contributed by atoms with van der Waals surface area (Å²) in [5, 5.41) is 3.07. The maximum absolute atomic E-state index is 13.8. The number of hydrogen-bond donors (Lipinski definition) is 3. The second kappa shape index (κ2) is 11.5. The maximum atomic E-state index is 13.8. The summed E-state index contributed by atoms with van der Waals surface area (Å²) in [4.78, 5) is 8.36. The van der Waals surface area contributed by atoms with Crippen LogP contribution in [0.3, 0.4) is 0 Å². The molecule has 0 fully saturated rings. The topological polar surface area (TPSA) is 109 Å². The van der Waals surface area contributed by atoms with E-state index in [9.17, 15) is 17.2 Å². The molecular formula is C24H25F2N5O2S. The molecule has 7 nitrogen and oxygen atoms in total. The summed E-state index contributed by atoms with van der Waals surface area (Å²) in [6.45, 7) is 0.572. The fourth-order valence-corrected chi connectivity index (χ4v) is 3.66. The predicted molar refractivity (Wildman–Crippen MR) is 132 cm³/mol. The highest BCUT2D eigenvalue weighted by Gasteiger charge is 2.12. The van der Waals surface area contributed by atoms with Crippen molar-refractivity contribution in [3.05, 3.63) is 89.8 Å². The summed E-state index contributed by atoms with van der Waals surface area (Å²) in [7, 11) is -2.04. The third kappa shape index (κ3) is 6.93. The Bertz CT molecular complexity index is 1300. The van der Waals surface area contributed by atoms with E-state index in [0.717, 1.165) is 17.7 Å². The first kappa shape index (κ1) is 25.0. The first-order valence-corrected chi connectivity index (χ1v) is 12.0. The normalized spacial score (nSPS) is 12.3. The molecule has 0 unspecified atom stereocenters. The Morgan fingerprint density at radius 1 is 1.12 bits per heavy atom. The Labute approximate surface area is 197 Å². The van der Waals surface area contributed by atoms with Crippen molar-refractivity contribution >= 4 is 27.6 Å². The second-order valence-electron chi connectivity index (χ2n) is 7.31. The van der Waals surface area contributed by atoms with Crippen molar-refractivity contribution in [2.45, 2.75) is 6.54 Å². The standard InChI is InChI=1S/C24H25F2N5O2S/c1-28-34(32,33)12-11-31-24-7-5-18(19-4-6-21(25)22(26)14-19)13-20(24)23(27)8-10-30-16-17-3-2-9-29-15-17/h2-10,13-15,28,31H,11-12,16,27H2,1H3/b23-8-,30-10?. The number of aliphatic imine (C=N–C) groups is 1. The van der Waals surface area contributed by atoms with Crippen LogP contribution in [0.1, 0.15) is 11.1 Å². The van der Waals surface area contributed by atoms with Crippen molar-refractivity contribution in [2.24, 2.45) is 10.7 Å². The molecule has 1 heterocycles. The number of anilines is 1. The molecule has 0 amide bonds. The van der Waals surface area contributed by atoms with Crippen LogP contribution in [0.4, 0.5) is 14.5 Å². The maximum Gasteiger partial charge on any atom is 0.213 e. The Kier molecular flexibility index (Phi) is 8.44. The molecule has 4 N–H and O–H groups in total. The smallest absolute Gasteiger partial charge is 0.213 e. The van der Waals surface area contributed by atoms with Crippen molar-refractivity contribution in [1.82, 2.24) is 9.71 Å². The van der Waals surface area contributed by atoms with E-state index in [0.29, 0.717) is 34.6 Å². The van der Waals surface area contributed by atoms with Gasteiger partial charge in [-0.3, -0.25) is 9.98 Å². The number of rotatable bonds is 10. The molecule has 0 aliphatic heterocycles. The quantitative estimate of drug-likeness (QED) is 0.381. The van der Waals surface area contributed by atoms with E-state index in [4.69, 9.17) is 5.73 Å². The molecule has 0 saturated heterocycles.